The van der Waals surface area contributed by atoms with Crippen LogP contribution in [0, 0.1) is 0 Å². The molecule has 21 heavy (non-hydrogen) atoms. The van der Waals surface area contributed by atoms with Gasteiger partial charge in [-0.3, -0.25) is 19.8 Å². The lowest BCUT2D eigenvalue weighted by Crippen LogP contribution is -2.38. The molecule has 0 aliphatic heterocycles. The van der Waals surface area contributed by atoms with Crippen molar-refractivity contribution in [3.05, 3.63) is 29.3 Å². The normalized spacial score (nSPS) is 10.2. The maximum absolute atomic E-state index is 11.6. The Bertz CT molecular complexity index is 503. The summed E-state index contributed by atoms with van der Waals surface area (Å²) in [6, 6.07) is 5.01. The molecule has 0 aromatic heterocycles. The molecule has 0 radical (unpaired) electrons. The molecular weight excluding hydrogens is 270 g/mol. The smallest absolute Gasteiger partial charge is 0.234 e. The molecule has 0 saturated heterocycles. The summed E-state index contributed by atoms with van der Waals surface area (Å²) in [6.45, 7) is 2.40. The van der Waals surface area contributed by atoms with Crippen LogP contribution in [0.15, 0.2) is 18.2 Å². The van der Waals surface area contributed by atoms with E-state index in [9.17, 15) is 14.4 Å². The largest absolute Gasteiger partial charge is 0.329 e. The van der Waals surface area contributed by atoms with E-state index in [4.69, 9.17) is 0 Å². The van der Waals surface area contributed by atoms with Gasteiger partial charge in [-0.2, -0.15) is 0 Å². The molecule has 0 aliphatic rings. The average molecular weight is 291 g/mol. The molecule has 6 heteroatoms. The van der Waals surface area contributed by atoms with Gasteiger partial charge in [0.05, 0.1) is 0 Å². The van der Waals surface area contributed by atoms with Crippen LogP contribution >= 0.6 is 0 Å². The Morgan fingerprint density at radius 2 is 2.10 bits per heavy atom. The Labute approximate surface area is 124 Å². The van der Waals surface area contributed by atoms with Gasteiger partial charge in [0.15, 0.2) is 0 Å². The molecule has 6 nitrogen and oxygen atoms in total. The molecule has 1 aromatic carbocycles. The number of nitrogens with one attached hydrogen (secondary N) is 2. The second-order valence-corrected chi connectivity index (χ2v) is 4.79. The maximum atomic E-state index is 11.6. The number of anilines is 1. The number of hydrogen-bond acceptors (Lipinski definition) is 4. The van der Waals surface area contributed by atoms with E-state index in [0.717, 1.165) is 24.7 Å². The van der Waals surface area contributed by atoms with E-state index in [1.54, 1.807) is 30.3 Å². The number of aldehydes is 1. The van der Waals surface area contributed by atoms with Crippen molar-refractivity contribution in [3.63, 3.8) is 0 Å². The third-order valence-corrected chi connectivity index (χ3v) is 2.98. The number of unbranched alkanes of at least 4 members (excludes halogenated alkanes) is 1. The molecule has 2 N–H and O–H groups in total. The topological polar surface area (TPSA) is 78.5 Å². The first-order chi connectivity index (χ1) is 10.1. The summed E-state index contributed by atoms with van der Waals surface area (Å²) >= 11 is 0. The van der Waals surface area contributed by atoms with E-state index in [-0.39, 0.29) is 5.91 Å². The number of hydrogen-bond donors (Lipinski definition) is 2. The minimum atomic E-state index is -0.0471. The fourth-order valence-corrected chi connectivity index (χ4v) is 1.92. The van der Waals surface area contributed by atoms with Gasteiger partial charge in [0, 0.05) is 31.3 Å². The van der Waals surface area contributed by atoms with Gasteiger partial charge in [0.2, 0.25) is 12.3 Å². The highest BCUT2D eigenvalue weighted by atomic mass is 16.2. The van der Waals surface area contributed by atoms with E-state index in [1.165, 1.54) is 0 Å². The van der Waals surface area contributed by atoms with Crippen LogP contribution in [-0.2, 0) is 16.1 Å². The average Bonchev–Trinajstić information content (AvgIpc) is 2.45. The van der Waals surface area contributed by atoms with Crippen LogP contribution < -0.4 is 10.7 Å². The Morgan fingerprint density at radius 3 is 2.71 bits per heavy atom. The predicted molar refractivity (Wildman–Crippen MR) is 80.7 cm³/mol. The number of carbonyl (C=O) groups is 3. The summed E-state index contributed by atoms with van der Waals surface area (Å²) in [7, 11) is 1.73. The standard InChI is InChI=1S/C15H21N3O3/c1-3-4-5-15(21)17-18(2)9-13-8-14(16-11-20)7-6-12(13)10-19/h6-8,10-11H,3-5,9H2,1-2H3,(H,16,20)(H,17,21). The van der Waals surface area contributed by atoms with Gasteiger partial charge >= 0.3 is 0 Å². The van der Waals surface area contributed by atoms with Crippen molar-refractivity contribution in [2.45, 2.75) is 32.7 Å². The summed E-state index contributed by atoms with van der Waals surface area (Å²) in [6.07, 6.45) is 3.63. The van der Waals surface area contributed by atoms with E-state index < -0.39 is 0 Å². The van der Waals surface area contributed by atoms with E-state index in [0.29, 0.717) is 30.6 Å². The molecule has 0 spiro atoms. The van der Waals surface area contributed by atoms with Crippen molar-refractivity contribution in [1.82, 2.24) is 10.4 Å². The molecule has 0 fully saturated rings. The first kappa shape index (κ1) is 16.8. The molecule has 0 heterocycles. The zero-order chi connectivity index (χ0) is 15.7. The van der Waals surface area contributed by atoms with Crippen molar-refractivity contribution in [3.8, 4) is 0 Å². The second-order valence-electron chi connectivity index (χ2n) is 4.79. The van der Waals surface area contributed by atoms with Crippen molar-refractivity contribution < 1.29 is 14.4 Å². The number of carbonyl (C=O) groups excluding carboxylic acids is 3. The van der Waals surface area contributed by atoms with Gasteiger partial charge in [-0.15, -0.1) is 0 Å². The van der Waals surface area contributed by atoms with Crippen molar-refractivity contribution in [1.29, 1.82) is 0 Å². The van der Waals surface area contributed by atoms with Crippen LogP contribution in [0.2, 0.25) is 0 Å². The minimum absolute atomic E-state index is 0.0471. The van der Waals surface area contributed by atoms with E-state index >= 15 is 0 Å². The maximum Gasteiger partial charge on any atom is 0.234 e. The molecular formula is C15H21N3O3. The number of amides is 2. The van der Waals surface area contributed by atoms with Crippen molar-refractivity contribution in [2.75, 3.05) is 12.4 Å². The van der Waals surface area contributed by atoms with Gasteiger partial charge in [-0.05, 0) is 30.2 Å². The van der Waals surface area contributed by atoms with Crippen LogP contribution in [0.25, 0.3) is 0 Å². The Hall–Kier alpha value is -2.21. The molecule has 0 atom stereocenters. The van der Waals surface area contributed by atoms with E-state index in [2.05, 4.69) is 10.7 Å². The minimum Gasteiger partial charge on any atom is -0.329 e. The Balaban J connectivity index is 2.71. The molecule has 0 aliphatic carbocycles. The first-order valence-corrected chi connectivity index (χ1v) is 6.89. The Morgan fingerprint density at radius 1 is 1.33 bits per heavy atom. The third-order valence-electron chi connectivity index (χ3n) is 2.98. The van der Waals surface area contributed by atoms with Crippen molar-refractivity contribution in [2.24, 2.45) is 0 Å². The quantitative estimate of drug-likeness (QED) is 0.536. The SMILES string of the molecule is CCCCC(=O)NN(C)Cc1cc(NC=O)ccc1C=O. The Kier molecular flexibility index (Phi) is 7.11. The summed E-state index contributed by atoms with van der Waals surface area (Å²) in [5.74, 6) is -0.0471. The summed E-state index contributed by atoms with van der Waals surface area (Å²) in [4.78, 5) is 33.2. The number of benzene rings is 1. The molecule has 1 rings (SSSR count). The summed E-state index contributed by atoms with van der Waals surface area (Å²) in [5.41, 5.74) is 4.62. The lowest BCUT2D eigenvalue weighted by molar-refractivity contribution is -0.125. The molecule has 2 amide bonds. The van der Waals surface area contributed by atoms with Crippen LogP contribution in [-0.4, -0.2) is 30.7 Å². The van der Waals surface area contributed by atoms with Crippen LogP contribution in [0.1, 0.15) is 42.1 Å². The molecule has 0 unspecified atom stereocenters. The molecule has 1 aromatic rings. The van der Waals surface area contributed by atoms with Gasteiger partial charge in [-0.25, -0.2) is 5.01 Å². The fourth-order valence-electron chi connectivity index (χ4n) is 1.92. The monoisotopic (exact) mass is 291 g/mol. The van der Waals surface area contributed by atoms with Crippen LogP contribution in [0.3, 0.4) is 0 Å². The number of nitrogens with zero attached hydrogens (tertiary/aromatic N) is 1. The van der Waals surface area contributed by atoms with Gasteiger partial charge < -0.3 is 5.32 Å². The van der Waals surface area contributed by atoms with Gasteiger partial charge in [0.1, 0.15) is 6.29 Å². The molecule has 0 saturated carbocycles. The zero-order valence-corrected chi connectivity index (χ0v) is 12.4. The lowest BCUT2D eigenvalue weighted by atomic mass is 10.1. The van der Waals surface area contributed by atoms with Gasteiger partial charge in [0.25, 0.3) is 0 Å². The van der Waals surface area contributed by atoms with Crippen LogP contribution in [0.4, 0.5) is 5.69 Å². The van der Waals surface area contributed by atoms with E-state index in [1.807, 2.05) is 6.92 Å². The summed E-state index contributed by atoms with van der Waals surface area (Å²) in [5, 5.41) is 4.17. The third kappa shape index (κ3) is 5.74. The predicted octanol–water partition coefficient (Wildman–Crippen LogP) is 1.72. The zero-order valence-electron chi connectivity index (χ0n) is 12.4. The van der Waals surface area contributed by atoms with Gasteiger partial charge in [-0.1, -0.05) is 13.3 Å². The second kappa shape index (κ2) is 8.86. The highest BCUT2D eigenvalue weighted by Gasteiger charge is 2.09. The highest BCUT2D eigenvalue weighted by molar-refractivity contribution is 5.80. The summed E-state index contributed by atoms with van der Waals surface area (Å²) < 4.78 is 0. The highest BCUT2D eigenvalue weighted by Crippen LogP contribution is 2.15. The molecule has 114 valence electrons. The van der Waals surface area contributed by atoms with Crippen molar-refractivity contribution >= 4 is 24.3 Å². The number of hydrazine groups is 1. The fraction of sp³-hybridized carbons (Fsp3) is 0.400. The lowest BCUT2D eigenvalue weighted by Gasteiger charge is -2.19. The number of rotatable bonds is 9. The first-order valence-electron chi connectivity index (χ1n) is 6.89. The molecule has 0 bridgehead atoms. The van der Waals surface area contributed by atoms with Crippen LogP contribution in [0.5, 0.6) is 0 Å².